The summed E-state index contributed by atoms with van der Waals surface area (Å²) in [6, 6.07) is 0. The number of piperidine rings is 1. The lowest BCUT2D eigenvalue weighted by Crippen LogP contribution is -2.42. The lowest BCUT2D eigenvalue weighted by atomic mass is 9.96. The monoisotopic (exact) mass is 224 g/mol. The summed E-state index contributed by atoms with van der Waals surface area (Å²) in [6.45, 7) is 9.14. The first kappa shape index (κ1) is 12.7. The van der Waals surface area contributed by atoms with Gasteiger partial charge in [0.1, 0.15) is 0 Å². The van der Waals surface area contributed by atoms with E-state index in [1.165, 1.54) is 0 Å². The van der Waals surface area contributed by atoms with Crippen LogP contribution in [-0.2, 0) is 9.59 Å². The number of nitrogens with zero attached hydrogens (tertiary/aromatic N) is 1. The highest BCUT2D eigenvalue weighted by Crippen LogP contribution is 2.17. The third-order valence-corrected chi connectivity index (χ3v) is 2.88. The highest BCUT2D eigenvalue weighted by molar-refractivity contribution is 5.79. The minimum Gasteiger partial charge on any atom is -0.352 e. The van der Waals surface area contributed by atoms with Crippen LogP contribution in [0.25, 0.3) is 0 Å². The van der Waals surface area contributed by atoms with Gasteiger partial charge in [0.25, 0.3) is 0 Å². The van der Waals surface area contributed by atoms with E-state index in [4.69, 9.17) is 0 Å². The van der Waals surface area contributed by atoms with Crippen molar-refractivity contribution in [2.24, 2.45) is 5.92 Å². The zero-order valence-corrected chi connectivity index (χ0v) is 10.1. The third-order valence-electron chi connectivity index (χ3n) is 2.88. The standard InChI is InChI=1S/C12H20N2O2/c1-9(2)8-13-12(16)11-4-6-14(7-5-11)10(3)15/h11H,1,4-8H2,2-3H3,(H,13,16). The fourth-order valence-corrected chi connectivity index (χ4v) is 1.84. The maximum absolute atomic E-state index is 11.7. The van der Waals surface area contributed by atoms with E-state index in [9.17, 15) is 9.59 Å². The predicted octanol–water partition coefficient (Wildman–Crippen LogP) is 0.937. The Morgan fingerprint density at radius 2 is 1.88 bits per heavy atom. The highest BCUT2D eigenvalue weighted by atomic mass is 16.2. The van der Waals surface area contributed by atoms with Crippen molar-refractivity contribution in [3.05, 3.63) is 12.2 Å². The third kappa shape index (κ3) is 3.68. The number of carbonyl (C=O) groups excluding carboxylic acids is 2. The molecule has 0 aromatic rings. The van der Waals surface area contributed by atoms with Gasteiger partial charge in [0.15, 0.2) is 0 Å². The Balaban J connectivity index is 2.33. The normalized spacial score (nSPS) is 17.0. The number of hydrogen-bond acceptors (Lipinski definition) is 2. The molecule has 1 fully saturated rings. The molecule has 0 bridgehead atoms. The molecule has 4 heteroatoms. The Kier molecular flexibility index (Phi) is 4.52. The average Bonchev–Trinajstić information content (AvgIpc) is 2.26. The summed E-state index contributed by atoms with van der Waals surface area (Å²) in [4.78, 5) is 24.6. The van der Waals surface area contributed by atoms with Crippen molar-refractivity contribution in [2.45, 2.75) is 26.7 Å². The van der Waals surface area contributed by atoms with Gasteiger partial charge in [0.05, 0.1) is 0 Å². The topological polar surface area (TPSA) is 49.4 Å². The van der Waals surface area contributed by atoms with Gasteiger partial charge in [-0.3, -0.25) is 9.59 Å². The van der Waals surface area contributed by atoms with Crippen molar-refractivity contribution in [1.29, 1.82) is 0 Å². The van der Waals surface area contributed by atoms with Crippen LogP contribution >= 0.6 is 0 Å². The molecule has 1 heterocycles. The Labute approximate surface area is 96.7 Å². The second-order valence-electron chi connectivity index (χ2n) is 4.46. The van der Waals surface area contributed by atoms with E-state index >= 15 is 0 Å². The first-order valence-electron chi connectivity index (χ1n) is 5.68. The molecule has 4 nitrogen and oxygen atoms in total. The molecular formula is C12H20N2O2. The molecule has 1 aliphatic rings. The van der Waals surface area contributed by atoms with E-state index in [1.807, 2.05) is 6.92 Å². The van der Waals surface area contributed by atoms with Crippen molar-refractivity contribution in [3.63, 3.8) is 0 Å². The van der Waals surface area contributed by atoms with Gasteiger partial charge < -0.3 is 10.2 Å². The Bertz CT molecular complexity index is 291. The molecule has 1 saturated heterocycles. The molecule has 0 spiro atoms. The summed E-state index contributed by atoms with van der Waals surface area (Å²) in [5.41, 5.74) is 0.953. The van der Waals surface area contributed by atoms with Crippen LogP contribution in [-0.4, -0.2) is 36.3 Å². The first-order valence-corrected chi connectivity index (χ1v) is 5.68. The van der Waals surface area contributed by atoms with Gasteiger partial charge in [-0.2, -0.15) is 0 Å². The largest absolute Gasteiger partial charge is 0.352 e. The Hall–Kier alpha value is -1.32. The van der Waals surface area contributed by atoms with Gasteiger partial charge in [0.2, 0.25) is 11.8 Å². The Morgan fingerprint density at radius 1 is 1.31 bits per heavy atom. The lowest BCUT2D eigenvalue weighted by molar-refractivity contribution is -0.133. The van der Waals surface area contributed by atoms with Crippen LogP contribution < -0.4 is 5.32 Å². The van der Waals surface area contributed by atoms with Crippen LogP contribution in [0.5, 0.6) is 0 Å². The molecule has 0 aromatic heterocycles. The van der Waals surface area contributed by atoms with Gasteiger partial charge in [-0.05, 0) is 19.8 Å². The molecule has 1 rings (SSSR count). The molecule has 0 saturated carbocycles. The number of amides is 2. The molecule has 2 amide bonds. The number of rotatable bonds is 3. The van der Waals surface area contributed by atoms with E-state index in [2.05, 4.69) is 11.9 Å². The van der Waals surface area contributed by atoms with Crippen molar-refractivity contribution >= 4 is 11.8 Å². The lowest BCUT2D eigenvalue weighted by Gasteiger charge is -2.30. The van der Waals surface area contributed by atoms with Crippen molar-refractivity contribution in [3.8, 4) is 0 Å². The highest BCUT2D eigenvalue weighted by Gasteiger charge is 2.25. The molecule has 0 atom stereocenters. The zero-order chi connectivity index (χ0) is 12.1. The SMILES string of the molecule is C=C(C)CNC(=O)C1CCN(C(C)=O)CC1. The molecule has 90 valence electrons. The quantitative estimate of drug-likeness (QED) is 0.725. The van der Waals surface area contributed by atoms with Crippen molar-refractivity contribution in [2.75, 3.05) is 19.6 Å². The predicted molar refractivity (Wildman–Crippen MR) is 62.8 cm³/mol. The molecule has 16 heavy (non-hydrogen) atoms. The van der Waals surface area contributed by atoms with E-state index < -0.39 is 0 Å². The van der Waals surface area contributed by atoms with Crippen LogP contribution in [0.1, 0.15) is 26.7 Å². The van der Waals surface area contributed by atoms with E-state index in [0.29, 0.717) is 19.6 Å². The fourth-order valence-electron chi connectivity index (χ4n) is 1.84. The summed E-state index contributed by atoms with van der Waals surface area (Å²) in [7, 11) is 0. The van der Waals surface area contributed by atoms with Crippen molar-refractivity contribution < 1.29 is 9.59 Å². The van der Waals surface area contributed by atoms with E-state index in [-0.39, 0.29) is 17.7 Å². The van der Waals surface area contributed by atoms with Crippen LogP contribution in [0.2, 0.25) is 0 Å². The smallest absolute Gasteiger partial charge is 0.223 e. The van der Waals surface area contributed by atoms with Crippen LogP contribution in [0.3, 0.4) is 0 Å². The van der Waals surface area contributed by atoms with E-state index in [1.54, 1.807) is 11.8 Å². The summed E-state index contributed by atoms with van der Waals surface area (Å²) >= 11 is 0. The fraction of sp³-hybridized carbons (Fsp3) is 0.667. The molecule has 0 aliphatic carbocycles. The molecule has 1 N–H and O–H groups in total. The second-order valence-corrected chi connectivity index (χ2v) is 4.46. The number of nitrogens with one attached hydrogen (secondary N) is 1. The molecular weight excluding hydrogens is 204 g/mol. The van der Waals surface area contributed by atoms with Crippen molar-refractivity contribution in [1.82, 2.24) is 10.2 Å². The molecule has 0 aromatic carbocycles. The Morgan fingerprint density at radius 3 is 2.31 bits per heavy atom. The average molecular weight is 224 g/mol. The molecule has 0 unspecified atom stereocenters. The number of carbonyl (C=O) groups is 2. The summed E-state index contributed by atoms with van der Waals surface area (Å²) in [5.74, 6) is 0.238. The van der Waals surface area contributed by atoms with Gasteiger partial charge in [-0.1, -0.05) is 12.2 Å². The van der Waals surface area contributed by atoms with Gasteiger partial charge >= 0.3 is 0 Å². The van der Waals surface area contributed by atoms with Gasteiger partial charge in [-0.25, -0.2) is 0 Å². The first-order chi connectivity index (χ1) is 7.50. The summed E-state index contributed by atoms with van der Waals surface area (Å²) in [6.07, 6.45) is 1.53. The maximum atomic E-state index is 11.7. The summed E-state index contributed by atoms with van der Waals surface area (Å²) < 4.78 is 0. The van der Waals surface area contributed by atoms with Crippen LogP contribution in [0, 0.1) is 5.92 Å². The maximum Gasteiger partial charge on any atom is 0.223 e. The van der Waals surface area contributed by atoms with E-state index in [0.717, 1.165) is 18.4 Å². The van der Waals surface area contributed by atoms with Gasteiger partial charge in [0, 0.05) is 32.5 Å². The molecule has 0 radical (unpaired) electrons. The number of hydrogen-bond donors (Lipinski definition) is 1. The zero-order valence-electron chi connectivity index (χ0n) is 10.1. The minimum atomic E-state index is 0.0509. The van der Waals surface area contributed by atoms with Gasteiger partial charge in [-0.15, -0.1) is 0 Å². The number of likely N-dealkylation sites (tertiary alicyclic amines) is 1. The minimum absolute atomic E-state index is 0.0509. The van der Waals surface area contributed by atoms with Crippen LogP contribution in [0.4, 0.5) is 0 Å². The van der Waals surface area contributed by atoms with Crippen LogP contribution in [0.15, 0.2) is 12.2 Å². The summed E-state index contributed by atoms with van der Waals surface area (Å²) in [5, 5.41) is 2.85. The second kappa shape index (κ2) is 5.68. The molecule has 1 aliphatic heterocycles.